The first kappa shape index (κ1) is 15.0. The molecule has 0 radical (unpaired) electrons. The van der Waals surface area contributed by atoms with Gasteiger partial charge in [-0.15, -0.1) is 0 Å². The van der Waals surface area contributed by atoms with E-state index in [4.69, 9.17) is 0 Å². The second-order valence-corrected chi connectivity index (χ2v) is 5.99. The quantitative estimate of drug-likeness (QED) is 0.836. The number of piperazine rings is 1. The van der Waals surface area contributed by atoms with E-state index in [-0.39, 0.29) is 5.91 Å². The smallest absolute Gasteiger partial charge is 0.224 e. The van der Waals surface area contributed by atoms with E-state index in [1.165, 1.54) is 0 Å². The highest BCUT2D eigenvalue weighted by atomic mass is 16.3. The molecule has 6 nitrogen and oxygen atoms in total. The maximum atomic E-state index is 12.1. The highest BCUT2D eigenvalue weighted by Crippen LogP contribution is 2.09. The molecular formula is C14H24N4O2. The maximum absolute atomic E-state index is 12.1. The van der Waals surface area contributed by atoms with Crippen molar-refractivity contribution in [3.8, 4) is 0 Å². The topological polar surface area (TPSA) is 61.6 Å². The van der Waals surface area contributed by atoms with Crippen molar-refractivity contribution < 1.29 is 9.90 Å². The highest BCUT2D eigenvalue weighted by Gasteiger charge is 2.24. The van der Waals surface area contributed by atoms with Crippen LogP contribution in [0.4, 0.5) is 0 Å². The predicted molar refractivity (Wildman–Crippen MR) is 76.2 cm³/mol. The lowest BCUT2D eigenvalue weighted by molar-refractivity contribution is -0.133. The van der Waals surface area contributed by atoms with Gasteiger partial charge in [-0.05, 0) is 19.9 Å². The van der Waals surface area contributed by atoms with Crippen molar-refractivity contribution in [3.63, 3.8) is 0 Å². The third kappa shape index (κ3) is 4.61. The second-order valence-electron chi connectivity index (χ2n) is 5.99. The molecule has 0 aliphatic carbocycles. The van der Waals surface area contributed by atoms with Crippen LogP contribution in [0.3, 0.4) is 0 Å². The van der Waals surface area contributed by atoms with Gasteiger partial charge in [0.2, 0.25) is 5.91 Å². The number of nitrogens with zero attached hydrogens (tertiary/aromatic N) is 4. The molecule has 1 aromatic rings. The first-order valence-electron chi connectivity index (χ1n) is 7.14. The number of amides is 1. The van der Waals surface area contributed by atoms with Crippen LogP contribution in [0, 0.1) is 0 Å². The fraction of sp³-hybridized carbons (Fsp3) is 0.714. The molecule has 2 heterocycles. The van der Waals surface area contributed by atoms with Crippen LogP contribution >= 0.6 is 0 Å². The Bertz CT molecular complexity index is 417. The Morgan fingerprint density at radius 3 is 2.55 bits per heavy atom. The van der Waals surface area contributed by atoms with Crippen molar-refractivity contribution >= 4 is 5.91 Å². The van der Waals surface area contributed by atoms with Crippen LogP contribution in [-0.4, -0.2) is 68.9 Å². The monoisotopic (exact) mass is 280 g/mol. The molecule has 0 saturated carbocycles. The first-order chi connectivity index (χ1) is 9.44. The van der Waals surface area contributed by atoms with Crippen LogP contribution < -0.4 is 0 Å². The standard InChI is InChI=1S/C14H24N4O2/c1-14(2,20)12-16-8-10-17(11-9-16)13(19)4-7-18-6-3-5-15-18/h3,5-6,20H,4,7-12H2,1-2H3. The molecule has 1 saturated heterocycles. The van der Waals surface area contributed by atoms with E-state index < -0.39 is 5.60 Å². The third-order valence-electron chi connectivity index (χ3n) is 3.45. The molecule has 0 atom stereocenters. The molecule has 1 fully saturated rings. The Hall–Kier alpha value is -1.40. The van der Waals surface area contributed by atoms with E-state index in [9.17, 15) is 9.90 Å². The summed E-state index contributed by atoms with van der Waals surface area (Å²) in [5.41, 5.74) is -0.674. The molecule has 1 aliphatic rings. The van der Waals surface area contributed by atoms with Gasteiger partial charge in [0.15, 0.2) is 0 Å². The number of rotatable bonds is 5. The molecule has 1 amide bonds. The first-order valence-corrected chi connectivity index (χ1v) is 7.14. The number of aromatic nitrogens is 2. The average molecular weight is 280 g/mol. The summed E-state index contributed by atoms with van der Waals surface area (Å²) >= 11 is 0. The van der Waals surface area contributed by atoms with Gasteiger partial charge < -0.3 is 10.0 Å². The zero-order valence-corrected chi connectivity index (χ0v) is 12.3. The van der Waals surface area contributed by atoms with E-state index in [0.717, 1.165) is 26.2 Å². The normalized spacial score (nSPS) is 17.4. The van der Waals surface area contributed by atoms with E-state index in [2.05, 4.69) is 10.00 Å². The summed E-state index contributed by atoms with van der Waals surface area (Å²) in [5.74, 6) is 0.184. The van der Waals surface area contributed by atoms with Gasteiger partial charge >= 0.3 is 0 Å². The molecule has 20 heavy (non-hydrogen) atoms. The van der Waals surface area contributed by atoms with Crippen molar-refractivity contribution in [2.45, 2.75) is 32.4 Å². The summed E-state index contributed by atoms with van der Waals surface area (Å²) in [7, 11) is 0. The molecule has 6 heteroatoms. The van der Waals surface area contributed by atoms with Gasteiger partial charge in [-0.3, -0.25) is 14.4 Å². The van der Waals surface area contributed by atoms with Gasteiger partial charge in [-0.2, -0.15) is 5.10 Å². The van der Waals surface area contributed by atoms with Gasteiger partial charge in [-0.25, -0.2) is 0 Å². The molecule has 0 bridgehead atoms. The molecule has 1 N–H and O–H groups in total. The van der Waals surface area contributed by atoms with Crippen molar-refractivity contribution in [1.29, 1.82) is 0 Å². The van der Waals surface area contributed by atoms with Crippen LogP contribution in [0.25, 0.3) is 0 Å². The Balaban J connectivity index is 1.71. The van der Waals surface area contributed by atoms with Crippen molar-refractivity contribution in [2.24, 2.45) is 0 Å². The van der Waals surface area contributed by atoms with Gasteiger partial charge in [0.25, 0.3) is 0 Å². The Morgan fingerprint density at radius 1 is 1.30 bits per heavy atom. The average Bonchev–Trinajstić information content (AvgIpc) is 2.88. The van der Waals surface area contributed by atoms with Gasteiger partial charge in [-0.1, -0.05) is 0 Å². The molecule has 0 aromatic carbocycles. The third-order valence-corrected chi connectivity index (χ3v) is 3.45. The number of carbonyl (C=O) groups excluding carboxylic acids is 1. The SMILES string of the molecule is CC(C)(O)CN1CCN(C(=O)CCn2cccn2)CC1. The molecule has 112 valence electrons. The number of hydrogen-bond donors (Lipinski definition) is 1. The lowest BCUT2D eigenvalue weighted by Gasteiger charge is -2.37. The molecule has 1 aliphatic heterocycles. The van der Waals surface area contributed by atoms with Crippen molar-refractivity contribution in [1.82, 2.24) is 19.6 Å². The fourth-order valence-electron chi connectivity index (χ4n) is 2.50. The van der Waals surface area contributed by atoms with E-state index >= 15 is 0 Å². The summed E-state index contributed by atoms with van der Waals surface area (Å²) in [4.78, 5) is 16.2. The zero-order valence-electron chi connectivity index (χ0n) is 12.3. The summed E-state index contributed by atoms with van der Waals surface area (Å²) in [6.45, 7) is 8.07. The van der Waals surface area contributed by atoms with Crippen LogP contribution in [0.1, 0.15) is 20.3 Å². The minimum Gasteiger partial charge on any atom is -0.389 e. The van der Waals surface area contributed by atoms with Crippen LogP contribution in [0.2, 0.25) is 0 Å². The lowest BCUT2D eigenvalue weighted by Crippen LogP contribution is -2.52. The summed E-state index contributed by atoms with van der Waals surface area (Å²) in [6.07, 6.45) is 4.08. The number of hydrogen-bond acceptors (Lipinski definition) is 4. The van der Waals surface area contributed by atoms with Crippen LogP contribution in [-0.2, 0) is 11.3 Å². The van der Waals surface area contributed by atoms with Gasteiger partial charge in [0.1, 0.15) is 0 Å². The summed E-state index contributed by atoms with van der Waals surface area (Å²) in [6, 6.07) is 1.86. The largest absolute Gasteiger partial charge is 0.389 e. The Kier molecular flexibility index (Phi) is 4.77. The van der Waals surface area contributed by atoms with E-state index in [1.54, 1.807) is 10.9 Å². The molecule has 1 aromatic heterocycles. The number of carbonyl (C=O) groups is 1. The molecule has 0 unspecified atom stereocenters. The Morgan fingerprint density at radius 2 is 2.00 bits per heavy atom. The number of β-amino-alcohol motifs (C(OH)–C–C–N with tert-alkyl or cyclic N) is 1. The Labute approximate surface area is 120 Å². The zero-order chi connectivity index (χ0) is 14.6. The number of aliphatic hydroxyl groups is 1. The van der Waals surface area contributed by atoms with E-state index in [0.29, 0.717) is 19.5 Å². The minimum absolute atomic E-state index is 0.184. The molecule has 0 spiro atoms. The van der Waals surface area contributed by atoms with Gasteiger partial charge in [0.05, 0.1) is 5.60 Å². The molecule has 2 rings (SSSR count). The highest BCUT2D eigenvalue weighted by molar-refractivity contribution is 5.76. The summed E-state index contributed by atoms with van der Waals surface area (Å²) in [5, 5.41) is 13.9. The van der Waals surface area contributed by atoms with Crippen LogP contribution in [0.5, 0.6) is 0 Å². The maximum Gasteiger partial charge on any atom is 0.224 e. The van der Waals surface area contributed by atoms with Crippen molar-refractivity contribution in [2.75, 3.05) is 32.7 Å². The fourth-order valence-corrected chi connectivity index (χ4v) is 2.50. The summed E-state index contributed by atoms with van der Waals surface area (Å²) < 4.78 is 1.78. The van der Waals surface area contributed by atoms with Crippen molar-refractivity contribution in [3.05, 3.63) is 18.5 Å². The molecular weight excluding hydrogens is 256 g/mol. The second kappa shape index (κ2) is 6.37. The predicted octanol–water partition coefficient (Wildman–Crippen LogP) is 0.188. The number of aryl methyl sites for hydroxylation is 1. The van der Waals surface area contributed by atoms with E-state index in [1.807, 2.05) is 31.0 Å². The van der Waals surface area contributed by atoms with Crippen LogP contribution in [0.15, 0.2) is 18.5 Å². The van der Waals surface area contributed by atoms with Gasteiger partial charge in [0, 0.05) is 58.1 Å². The minimum atomic E-state index is -0.674. The lowest BCUT2D eigenvalue weighted by atomic mass is 10.1.